The average Bonchev–Trinajstić information content (AvgIpc) is 2.32. The number of carboxylic acid groups (broad SMARTS) is 1. The molecular weight excluding hydrogens is 252 g/mol. The molecule has 0 radical (unpaired) electrons. The molecule has 0 spiro atoms. The highest BCUT2D eigenvalue weighted by Gasteiger charge is 2.14. The Morgan fingerprint density at radius 2 is 2.00 bits per heavy atom. The molecule has 106 valence electrons. The van der Waals surface area contributed by atoms with Gasteiger partial charge in [0.05, 0.1) is 12.1 Å². The summed E-state index contributed by atoms with van der Waals surface area (Å²) in [6, 6.07) is 3.22. The van der Waals surface area contributed by atoms with E-state index < -0.39 is 17.6 Å². The summed E-state index contributed by atoms with van der Waals surface area (Å²) < 4.78 is 26.9. The van der Waals surface area contributed by atoms with E-state index in [1.165, 1.54) is 0 Å². The van der Waals surface area contributed by atoms with Gasteiger partial charge in [0.1, 0.15) is 11.6 Å². The van der Waals surface area contributed by atoms with Gasteiger partial charge in [-0.15, -0.1) is 0 Å². The largest absolute Gasteiger partial charge is 0.481 e. The Bertz CT molecular complexity index is 435. The highest BCUT2D eigenvalue weighted by molar-refractivity contribution is 5.67. The van der Waals surface area contributed by atoms with E-state index in [1.807, 2.05) is 13.8 Å². The van der Waals surface area contributed by atoms with Gasteiger partial charge in [-0.2, -0.15) is 0 Å². The summed E-state index contributed by atoms with van der Waals surface area (Å²) in [4.78, 5) is 12.2. The van der Waals surface area contributed by atoms with Crippen LogP contribution in [0.5, 0.6) is 0 Å². The first-order chi connectivity index (χ1) is 8.90. The van der Waals surface area contributed by atoms with Crippen LogP contribution in [0.15, 0.2) is 18.2 Å². The molecule has 0 saturated carbocycles. The van der Waals surface area contributed by atoms with Crippen molar-refractivity contribution in [3.05, 3.63) is 29.8 Å². The number of benzene rings is 1. The predicted molar refractivity (Wildman–Crippen MR) is 70.3 cm³/mol. The minimum absolute atomic E-state index is 0.103. The summed E-state index contributed by atoms with van der Waals surface area (Å²) in [5.41, 5.74) is 0.127. The van der Waals surface area contributed by atoms with Crippen LogP contribution in [0.4, 0.5) is 14.5 Å². The van der Waals surface area contributed by atoms with Crippen LogP contribution in [0.2, 0.25) is 0 Å². The van der Waals surface area contributed by atoms with Crippen molar-refractivity contribution in [1.29, 1.82) is 0 Å². The van der Waals surface area contributed by atoms with E-state index >= 15 is 0 Å². The van der Waals surface area contributed by atoms with Gasteiger partial charge < -0.3 is 10.0 Å². The number of anilines is 1. The summed E-state index contributed by atoms with van der Waals surface area (Å²) in [6.07, 6.45) is 0.684. The van der Waals surface area contributed by atoms with E-state index in [4.69, 9.17) is 5.11 Å². The number of halogens is 2. The van der Waals surface area contributed by atoms with Crippen molar-refractivity contribution in [2.24, 2.45) is 5.92 Å². The van der Waals surface area contributed by atoms with Crippen LogP contribution in [0.1, 0.15) is 26.7 Å². The van der Waals surface area contributed by atoms with Crippen LogP contribution in [-0.2, 0) is 4.79 Å². The molecule has 0 amide bonds. The maximum atomic E-state index is 13.7. The molecular formula is C14H19F2NO2. The van der Waals surface area contributed by atoms with Crippen LogP contribution < -0.4 is 4.90 Å². The van der Waals surface area contributed by atoms with Crippen LogP contribution in [0.3, 0.4) is 0 Å². The zero-order valence-corrected chi connectivity index (χ0v) is 11.2. The van der Waals surface area contributed by atoms with Gasteiger partial charge in [0.15, 0.2) is 0 Å². The van der Waals surface area contributed by atoms with Crippen molar-refractivity contribution in [2.75, 3.05) is 18.0 Å². The maximum absolute atomic E-state index is 13.7. The molecule has 1 N–H and O–H groups in total. The molecule has 0 aliphatic carbocycles. The minimum Gasteiger partial charge on any atom is -0.481 e. The number of carboxylic acids is 1. The lowest BCUT2D eigenvalue weighted by Gasteiger charge is -2.25. The Morgan fingerprint density at radius 1 is 1.32 bits per heavy atom. The number of carbonyl (C=O) groups is 1. The van der Waals surface area contributed by atoms with Crippen molar-refractivity contribution < 1.29 is 18.7 Å². The standard InChI is InChI=1S/C14H19F2NO2/c1-10(2)5-7-17(8-6-14(18)19)13-9-11(15)3-4-12(13)16/h3-4,9-10H,5-8H2,1-2H3,(H,18,19). The molecule has 0 aromatic heterocycles. The highest BCUT2D eigenvalue weighted by Crippen LogP contribution is 2.21. The molecule has 0 aliphatic heterocycles. The molecule has 0 atom stereocenters. The van der Waals surface area contributed by atoms with Gasteiger partial charge in [-0.3, -0.25) is 4.79 Å². The summed E-state index contributed by atoms with van der Waals surface area (Å²) in [7, 11) is 0. The van der Waals surface area contributed by atoms with Gasteiger partial charge in [-0.1, -0.05) is 13.8 Å². The van der Waals surface area contributed by atoms with Gasteiger partial charge in [0, 0.05) is 19.2 Å². The number of hydrogen-bond acceptors (Lipinski definition) is 2. The lowest BCUT2D eigenvalue weighted by atomic mass is 10.1. The minimum atomic E-state index is -0.952. The van der Waals surface area contributed by atoms with E-state index in [0.717, 1.165) is 24.6 Å². The van der Waals surface area contributed by atoms with Crippen molar-refractivity contribution in [2.45, 2.75) is 26.7 Å². The van der Waals surface area contributed by atoms with Crippen molar-refractivity contribution in [1.82, 2.24) is 0 Å². The molecule has 1 aromatic carbocycles. The average molecular weight is 271 g/mol. The van der Waals surface area contributed by atoms with Crippen LogP contribution in [-0.4, -0.2) is 24.2 Å². The van der Waals surface area contributed by atoms with Crippen molar-refractivity contribution >= 4 is 11.7 Å². The summed E-state index contributed by atoms with van der Waals surface area (Å²) in [5, 5.41) is 8.72. The fourth-order valence-electron chi connectivity index (χ4n) is 1.73. The number of rotatable bonds is 7. The molecule has 1 aromatic rings. The first-order valence-corrected chi connectivity index (χ1v) is 6.32. The SMILES string of the molecule is CC(C)CCN(CCC(=O)O)c1cc(F)ccc1F. The molecule has 0 saturated heterocycles. The van der Waals surface area contributed by atoms with Crippen LogP contribution in [0.25, 0.3) is 0 Å². The van der Waals surface area contributed by atoms with E-state index in [2.05, 4.69) is 0 Å². The fraction of sp³-hybridized carbons (Fsp3) is 0.500. The number of aliphatic carboxylic acids is 1. The molecule has 5 heteroatoms. The van der Waals surface area contributed by atoms with Gasteiger partial charge >= 0.3 is 5.97 Å². The van der Waals surface area contributed by atoms with Gasteiger partial charge in [0.2, 0.25) is 0 Å². The second-order valence-corrected chi connectivity index (χ2v) is 4.91. The monoisotopic (exact) mass is 271 g/mol. The molecule has 0 unspecified atom stereocenters. The lowest BCUT2D eigenvalue weighted by molar-refractivity contribution is -0.136. The molecule has 0 heterocycles. The molecule has 19 heavy (non-hydrogen) atoms. The first-order valence-electron chi connectivity index (χ1n) is 6.32. The third-order valence-corrected chi connectivity index (χ3v) is 2.82. The first kappa shape index (κ1) is 15.4. The van der Waals surface area contributed by atoms with E-state index in [1.54, 1.807) is 4.90 Å². The summed E-state index contributed by atoms with van der Waals surface area (Å²) in [6.45, 7) is 4.72. The maximum Gasteiger partial charge on any atom is 0.305 e. The van der Waals surface area contributed by atoms with Crippen LogP contribution >= 0.6 is 0 Å². The fourth-order valence-corrected chi connectivity index (χ4v) is 1.73. The van der Waals surface area contributed by atoms with Gasteiger partial charge in [-0.05, 0) is 24.5 Å². The zero-order chi connectivity index (χ0) is 14.4. The Labute approximate surface area is 111 Å². The van der Waals surface area contributed by atoms with E-state index in [-0.39, 0.29) is 18.7 Å². The van der Waals surface area contributed by atoms with Gasteiger partial charge in [-0.25, -0.2) is 8.78 Å². The Morgan fingerprint density at radius 3 is 2.58 bits per heavy atom. The van der Waals surface area contributed by atoms with Crippen molar-refractivity contribution in [3.8, 4) is 0 Å². The van der Waals surface area contributed by atoms with E-state index in [9.17, 15) is 13.6 Å². The second kappa shape index (κ2) is 7.07. The second-order valence-electron chi connectivity index (χ2n) is 4.91. The third kappa shape index (κ3) is 5.24. The zero-order valence-electron chi connectivity index (χ0n) is 11.2. The normalized spacial score (nSPS) is 10.8. The number of hydrogen-bond donors (Lipinski definition) is 1. The summed E-state index contributed by atoms with van der Waals surface area (Å²) >= 11 is 0. The van der Waals surface area contributed by atoms with Crippen LogP contribution in [0, 0.1) is 17.6 Å². The molecule has 3 nitrogen and oxygen atoms in total. The predicted octanol–water partition coefficient (Wildman–Crippen LogP) is 3.29. The smallest absolute Gasteiger partial charge is 0.305 e. The Hall–Kier alpha value is -1.65. The number of nitrogens with zero attached hydrogens (tertiary/aromatic N) is 1. The van der Waals surface area contributed by atoms with Crippen molar-refractivity contribution in [3.63, 3.8) is 0 Å². The molecule has 0 fully saturated rings. The molecule has 1 rings (SSSR count). The quantitative estimate of drug-likeness (QED) is 0.827. The molecule has 0 aliphatic rings. The highest BCUT2D eigenvalue weighted by atomic mass is 19.1. The Balaban J connectivity index is 2.86. The van der Waals surface area contributed by atoms with Gasteiger partial charge in [0.25, 0.3) is 0 Å². The molecule has 0 bridgehead atoms. The topological polar surface area (TPSA) is 40.5 Å². The van der Waals surface area contributed by atoms with E-state index in [0.29, 0.717) is 12.5 Å². The lowest BCUT2D eigenvalue weighted by Crippen LogP contribution is -2.29. The summed E-state index contributed by atoms with van der Waals surface area (Å²) in [5.74, 6) is -1.60. The third-order valence-electron chi connectivity index (χ3n) is 2.82. The Kier molecular flexibility index (Phi) is 5.73.